The van der Waals surface area contributed by atoms with Gasteiger partial charge in [0.2, 0.25) is 11.8 Å². The second-order valence-electron chi connectivity index (χ2n) is 4.61. The summed E-state index contributed by atoms with van der Waals surface area (Å²) in [5.74, 6) is -0.104. The van der Waals surface area contributed by atoms with Crippen molar-refractivity contribution in [3.63, 3.8) is 0 Å². The highest BCUT2D eigenvalue weighted by molar-refractivity contribution is 5.88. The minimum Gasteiger partial charge on any atom is -0.393 e. The summed E-state index contributed by atoms with van der Waals surface area (Å²) in [6, 6.07) is -0.400. The maximum Gasteiger partial charge on any atom is 0.237 e. The zero-order valence-corrected chi connectivity index (χ0v) is 9.82. The number of carbonyl (C=O) groups excluding carboxylic acids is 2. The van der Waals surface area contributed by atoms with E-state index in [0.717, 1.165) is 0 Å². The smallest absolute Gasteiger partial charge is 0.237 e. The third-order valence-corrected chi connectivity index (χ3v) is 3.33. The number of carbonyl (C=O) groups is 2. The van der Waals surface area contributed by atoms with Crippen molar-refractivity contribution < 1.29 is 14.7 Å². The van der Waals surface area contributed by atoms with Crippen LogP contribution in [0.2, 0.25) is 0 Å². The van der Waals surface area contributed by atoms with Gasteiger partial charge in [-0.25, -0.2) is 0 Å². The third kappa shape index (κ3) is 3.17. The molecule has 6 heteroatoms. The highest BCUT2D eigenvalue weighted by atomic mass is 16.3. The Morgan fingerprint density at radius 3 is 2.71 bits per heavy atom. The van der Waals surface area contributed by atoms with Crippen LogP contribution in [0.25, 0.3) is 0 Å². The highest BCUT2D eigenvalue weighted by Crippen LogP contribution is 2.12. The van der Waals surface area contributed by atoms with Crippen LogP contribution in [-0.2, 0) is 9.59 Å². The first-order chi connectivity index (χ1) is 8.16. The number of piperazine rings is 1. The number of nitrogens with one attached hydrogen (secondary N) is 2. The molecule has 17 heavy (non-hydrogen) atoms. The molecule has 0 bridgehead atoms. The van der Waals surface area contributed by atoms with E-state index in [1.54, 1.807) is 4.90 Å². The van der Waals surface area contributed by atoms with Crippen LogP contribution in [0.5, 0.6) is 0 Å². The van der Waals surface area contributed by atoms with Crippen LogP contribution in [0.4, 0.5) is 0 Å². The van der Waals surface area contributed by atoms with Crippen molar-refractivity contribution in [3.05, 3.63) is 0 Å². The summed E-state index contributed by atoms with van der Waals surface area (Å²) in [5, 5.41) is 15.1. The van der Waals surface area contributed by atoms with E-state index < -0.39 is 6.04 Å². The first-order valence-corrected chi connectivity index (χ1v) is 6.14. The monoisotopic (exact) mass is 241 g/mol. The molecule has 2 amide bonds. The van der Waals surface area contributed by atoms with Crippen molar-refractivity contribution in [2.75, 3.05) is 26.2 Å². The van der Waals surface area contributed by atoms with Gasteiger partial charge >= 0.3 is 0 Å². The Labute approximate surface area is 100 Å². The lowest BCUT2D eigenvalue weighted by molar-refractivity contribution is -0.137. The molecule has 0 spiro atoms. The lowest BCUT2D eigenvalue weighted by Gasteiger charge is -2.31. The molecule has 1 unspecified atom stereocenters. The van der Waals surface area contributed by atoms with Crippen molar-refractivity contribution in [3.8, 4) is 0 Å². The number of likely N-dealkylation sites (tertiary alicyclic amines) is 1. The van der Waals surface area contributed by atoms with Crippen LogP contribution >= 0.6 is 0 Å². The van der Waals surface area contributed by atoms with Crippen LogP contribution in [0, 0.1) is 0 Å². The molecule has 6 nitrogen and oxygen atoms in total. The predicted molar refractivity (Wildman–Crippen MR) is 61.2 cm³/mol. The molecule has 0 aromatic carbocycles. The standard InChI is InChI=1S/C11H19N3O3/c15-8-1-5-14(6-2-8)10(16)7-9-11(17)13-4-3-12-9/h8-9,12,15H,1-7H2,(H,13,17). The van der Waals surface area contributed by atoms with Gasteiger partial charge in [0.1, 0.15) is 0 Å². The third-order valence-electron chi connectivity index (χ3n) is 3.33. The van der Waals surface area contributed by atoms with Gasteiger partial charge in [-0.3, -0.25) is 9.59 Å². The molecule has 96 valence electrons. The van der Waals surface area contributed by atoms with Gasteiger partial charge in [-0.05, 0) is 12.8 Å². The Morgan fingerprint density at radius 2 is 2.06 bits per heavy atom. The van der Waals surface area contributed by atoms with Crippen LogP contribution in [0.1, 0.15) is 19.3 Å². The van der Waals surface area contributed by atoms with Gasteiger partial charge in [0.15, 0.2) is 0 Å². The van der Waals surface area contributed by atoms with Gasteiger partial charge in [-0.15, -0.1) is 0 Å². The fourth-order valence-corrected chi connectivity index (χ4v) is 2.23. The number of piperidine rings is 1. The van der Waals surface area contributed by atoms with E-state index in [0.29, 0.717) is 39.0 Å². The molecule has 1 atom stereocenters. The lowest BCUT2D eigenvalue weighted by atomic mass is 10.1. The summed E-state index contributed by atoms with van der Waals surface area (Å²) < 4.78 is 0. The number of nitrogens with zero attached hydrogens (tertiary/aromatic N) is 1. The quantitative estimate of drug-likeness (QED) is 0.546. The first-order valence-electron chi connectivity index (χ1n) is 6.14. The lowest BCUT2D eigenvalue weighted by Crippen LogP contribution is -2.55. The Hall–Kier alpha value is -1.14. The molecular formula is C11H19N3O3. The molecule has 0 radical (unpaired) electrons. The second kappa shape index (κ2) is 5.46. The van der Waals surface area contributed by atoms with Gasteiger partial charge in [-0.1, -0.05) is 0 Å². The molecule has 0 saturated carbocycles. The largest absolute Gasteiger partial charge is 0.393 e. The summed E-state index contributed by atoms with van der Waals surface area (Å²) >= 11 is 0. The first kappa shape index (κ1) is 12.3. The molecule has 3 N–H and O–H groups in total. The van der Waals surface area contributed by atoms with Gasteiger partial charge in [0, 0.05) is 26.2 Å². The Morgan fingerprint density at radius 1 is 1.35 bits per heavy atom. The van der Waals surface area contributed by atoms with E-state index in [9.17, 15) is 14.7 Å². The summed E-state index contributed by atoms with van der Waals surface area (Å²) in [5.41, 5.74) is 0. The van der Waals surface area contributed by atoms with E-state index in [1.165, 1.54) is 0 Å². The van der Waals surface area contributed by atoms with Crippen LogP contribution in [-0.4, -0.2) is 60.1 Å². The normalized spacial score (nSPS) is 26.8. The second-order valence-corrected chi connectivity index (χ2v) is 4.61. The van der Waals surface area contributed by atoms with Gasteiger partial charge < -0.3 is 20.6 Å². The molecule has 2 saturated heterocycles. The molecule has 0 aliphatic carbocycles. The zero-order valence-electron chi connectivity index (χ0n) is 9.82. The fourth-order valence-electron chi connectivity index (χ4n) is 2.23. The van der Waals surface area contributed by atoms with E-state index >= 15 is 0 Å². The molecule has 2 fully saturated rings. The number of aliphatic hydroxyl groups is 1. The number of rotatable bonds is 2. The maximum atomic E-state index is 11.9. The Bertz CT molecular complexity index is 300. The minimum absolute atomic E-state index is 0.00792. The maximum absolute atomic E-state index is 11.9. The molecule has 2 rings (SSSR count). The van der Waals surface area contributed by atoms with Gasteiger partial charge in [0.25, 0.3) is 0 Å². The van der Waals surface area contributed by atoms with Crippen molar-refractivity contribution in [1.82, 2.24) is 15.5 Å². The molecule has 2 heterocycles. The SMILES string of the molecule is O=C1NCCNC1CC(=O)N1CCC(O)CC1. The number of aliphatic hydroxyl groups excluding tert-OH is 1. The predicted octanol–water partition coefficient (Wildman–Crippen LogP) is -1.55. The van der Waals surface area contributed by atoms with Crippen LogP contribution in [0.15, 0.2) is 0 Å². The van der Waals surface area contributed by atoms with Gasteiger partial charge in [-0.2, -0.15) is 0 Å². The summed E-state index contributed by atoms with van der Waals surface area (Å²) in [6.45, 7) is 2.52. The minimum atomic E-state index is -0.400. The summed E-state index contributed by atoms with van der Waals surface area (Å²) in [4.78, 5) is 25.2. The number of hydrogen-bond donors (Lipinski definition) is 3. The topological polar surface area (TPSA) is 81.7 Å². The van der Waals surface area contributed by atoms with Crippen molar-refractivity contribution in [2.45, 2.75) is 31.4 Å². The van der Waals surface area contributed by atoms with Crippen LogP contribution in [0.3, 0.4) is 0 Å². The van der Waals surface area contributed by atoms with Crippen molar-refractivity contribution in [1.29, 1.82) is 0 Å². The number of hydrogen-bond acceptors (Lipinski definition) is 4. The molecule has 0 aromatic rings. The van der Waals surface area contributed by atoms with Crippen LogP contribution < -0.4 is 10.6 Å². The number of amides is 2. The van der Waals surface area contributed by atoms with E-state index in [1.807, 2.05) is 0 Å². The van der Waals surface area contributed by atoms with E-state index in [4.69, 9.17) is 0 Å². The molecule has 2 aliphatic rings. The van der Waals surface area contributed by atoms with Crippen molar-refractivity contribution in [2.24, 2.45) is 0 Å². The van der Waals surface area contributed by atoms with Crippen molar-refractivity contribution >= 4 is 11.8 Å². The van der Waals surface area contributed by atoms with Gasteiger partial charge in [0.05, 0.1) is 18.6 Å². The summed E-state index contributed by atoms with van der Waals surface area (Å²) in [7, 11) is 0. The average molecular weight is 241 g/mol. The molecule has 0 aromatic heterocycles. The summed E-state index contributed by atoms with van der Waals surface area (Å²) in [6.07, 6.45) is 1.20. The highest BCUT2D eigenvalue weighted by Gasteiger charge is 2.28. The Balaban J connectivity index is 1.82. The average Bonchev–Trinajstić information content (AvgIpc) is 2.33. The zero-order chi connectivity index (χ0) is 12.3. The van der Waals surface area contributed by atoms with E-state index in [2.05, 4.69) is 10.6 Å². The van der Waals surface area contributed by atoms with E-state index in [-0.39, 0.29) is 24.3 Å². The molecular weight excluding hydrogens is 222 g/mol. The Kier molecular flexibility index (Phi) is 3.96. The molecule has 2 aliphatic heterocycles. The fraction of sp³-hybridized carbons (Fsp3) is 0.818.